The molecule has 2 aromatic heterocycles. The third-order valence-corrected chi connectivity index (χ3v) is 6.34. The monoisotopic (exact) mass is 425 g/mol. The fourth-order valence-electron chi connectivity index (χ4n) is 3.72. The molecule has 2 heterocycles. The second kappa shape index (κ2) is 8.07. The third-order valence-electron chi connectivity index (χ3n) is 5.17. The van der Waals surface area contributed by atoms with E-state index in [4.69, 9.17) is 9.15 Å². The molecule has 1 aromatic carbocycles. The van der Waals surface area contributed by atoms with Gasteiger partial charge < -0.3 is 14.5 Å². The number of nitrogens with one attached hydrogen (secondary N) is 1. The van der Waals surface area contributed by atoms with E-state index in [0.29, 0.717) is 27.5 Å². The Morgan fingerprint density at radius 2 is 2.03 bits per heavy atom. The molecule has 4 rings (SSSR count). The first kappa shape index (κ1) is 20.3. The zero-order chi connectivity index (χ0) is 21.4. The highest BCUT2D eigenvalue weighted by molar-refractivity contribution is 7.17. The highest BCUT2D eigenvalue weighted by Gasteiger charge is 2.30. The van der Waals surface area contributed by atoms with Crippen LogP contribution in [0.15, 0.2) is 39.5 Å². The van der Waals surface area contributed by atoms with Crippen molar-refractivity contribution in [1.82, 2.24) is 0 Å². The van der Waals surface area contributed by atoms with Crippen molar-refractivity contribution in [3.63, 3.8) is 0 Å². The van der Waals surface area contributed by atoms with Crippen LogP contribution in [0.3, 0.4) is 0 Å². The third kappa shape index (κ3) is 3.89. The molecule has 3 aromatic rings. The number of esters is 1. The molecule has 0 fully saturated rings. The van der Waals surface area contributed by atoms with Gasteiger partial charge in [-0.05, 0) is 56.7 Å². The molecule has 1 aliphatic carbocycles. The van der Waals surface area contributed by atoms with E-state index in [9.17, 15) is 14.4 Å². The molecule has 1 atom stereocenters. The summed E-state index contributed by atoms with van der Waals surface area (Å²) in [6.07, 6.45) is 2.33. The first-order valence-electron chi connectivity index (χ1n) is 10.0. The summed E-state index contributed by atoms with van der Waals surface area (Å²) in [5.74, 6) is -0.529. The van der Waals surface area contributed by atoms with Gasteiger partial charge in [0.1, 0.15) is 16.1 Å². The summed E-state index contributed by atoms with van der Waals surface area (Å²) in [6, 6.07) is 8.52. The fourth-order valence-corrected chi connectivity index (χ4v) is 5.11. The largest absolute Gasteiger partial charge is 0.459 e. The Morgan fingerprint density at radius 1 is 1.27 bits per heavy atom. The van der Waals surface area contributed by atoms with Crippen LogP contribution in [0.25, 0.3) is 11.0 Å². The van der Waals surface area contributed by atoms with Crippen LogP contribution in [0.1, 0.15) is 58.3 Å². The van der Waals surface area contributed by atoms with Gasteiger partial charge in [-0.25, -0.2) is 9.59 Å². The summed E-state index contributed by atoms with van der Waals surface area (Å²) in [7, 11) is 0. The van der Waals surface area contributed by atoms with Gasteiger partial charge in [-0.15, -0.1) is 11.3 Å². The molecule has 7 heteroatoms. The van der Waals surface area contributed by atoms with Gasteiger partial charge >= 0.3 is 11.6 Å². The lowest BCUT2D eigenvalue weighted by Gasteiger charge is -2.18. The number of carbonyl (C=O) groups is 2. The Bertz CT molecular complexity index is 1190. The SMILES string of the molecule is CC(C)OC(=O)c1c(NC(=O)c2cc3ccccc3oc2=O)sc2c1CC[C@H](C)C2. The molecule has 0 spiro atoms. The van der Waals surface area contributed by atoms with Gasteiger partial charge in [0.05, 0.1) is 11.7 Å². The van der Waals surface area contributed by atoms with Crippen molar-refractivity contribution >= 4 is 39.2 Å². The number of ether oxygens (including phenoxy) is 1. The predicted octanol–water partition coefficient (Wildman–Crippen LogP) is 4.80. The van der Waals surface area contributed by atoms with Gasteiger partial charge in [-0.2, -0.15) is 0 Å². The van der Waals surface area contributed by atoms with Crippen LogP contribution in [-0.2, 0) is 17.6 Å². The van der Waals surface area contributed by atoms with E-state index < -0.39 is 17.5 Å². The minimum atomic E-state index is -0.715. The number of rotatable bonds is 4. The number of para-hydroxylation sites is 1. The van der Waals surface area contributed by atoms with Crippen LogP contribution in [-0.4, -0.2) is 18.0 Å². The smallest absolute Gasteiger partial charge is 0.349 e. The Morgan fingerprint density at radius 3 is 2.80 bits per heavy atom. The average Bonchev–Trinajstić information content (AvgIpc) is 3.03. The topological polar surface area (TPSA) is 85.6 Å². The molecular formula is C23H23NO5S. The number of anilines is 1. The van der Waals surface area contributed by atoms with Crippen LogP contribution < -0.4 is 10.9 Å². The molecule has 0 saturated carbocycles. The van der Waals surface area contributed by atoms with E-state index in [0.717, 1.165) is 29.7 Å². The zero-order valence-electron chi connectivity index (χ0n) is 17.1. The lowest BCUT2D eigenvalue weighted by atomic mass is 9.88. The van der Waals surface area contributed by atoms with E-state index in [-0.39, 0.29) is 11.7 Å². The minimum absolute atomic E-state index is 0.100. The molecule has 1 N–H and O–H groups in total. The highest BCUT2D eigenvalue weighted by atomic mass is 32.1. The summed E-state index contributed by atoms with van der Waals surface area (Å²) < 4.78 is 10.7. The molecule has 1 amide bonds. The van der Waals surface area contributed by atoms with E-state index in [1.807, 2.05) is 0 Å². The fraction of sp³-hybridized carbons (Fsp3) is 0.348. The van der Waals surface area contributed by atoms with Crippen molar-refractivity contribution in [2.24, 2.45) is 5.92 Å². The molecule has 0 bridgehead atoms. The molecular weight excluding hydrogens is 402 g/mol. The second-order valence-corrected chi connectivity index (χ2v) is 9.05. The summed E-state index contributed by atoms with van der Waals surface area (Å²) in [5.41, 5.74) is 0.962. The first-order chi connectivity index (χ1) is 14.3. The van der Waals surface area contributed by atoms with Gasteiger partial charge in [0.15, 0.2) is 0 Å². The Kier molecular flexibility index (Phi) is 5.47. The summed E-state index contributed by atoms with van der Waals surface area (Å²) >= 11 is 1.39. The molecule has 6 nitrogen and oxygen atoms in total. The van der Waals surface area contributed by atoms with Gasteiger partial charge in [0.25, 0.3) is 5.91 Å². The second-order valence-electron chi connectivity index (χ2n) is 7.95. The predicted molar refractivity (Wildman–Crippen MR) is 116 cm³/mol. The lowest BCUT2D eigenvalue weighted by Crippen LogP contribution is -2.22. The lowest BCUT2D eigenvalue weighted by molar-refractivity contribution is 0.0378. The number of thiophene rings is 1. The normalized spacial score (nSPS) is 15.8. The summed E-state index contributed by atoms with van der Waals surface area (Å²) in [5, 5.41) is 3.86. The quantitative estimate of drug-likeness (QED) is 0.479. The zero-order valence-corrected chi connectivity index (χ0v) is 17.9. The highest BCUT2D eigenvalue weighted by Crippen LogP contribution is 2.40. The van der Waals surface area contributed by atoms with Crippen molar-refractivity contribution in [1.29, 1.82) is 0 Å². The molecule has 0 saturated heterocycles. The van der Waals surface area contributed by atoms with E-state index in [2.05, 4.69) is 12.2 Å². The van der Waals surface area contributed by atoms with Crippen molar-refractivity contribution < 1.29 is 18.7 Å². The minimum Gasteiger partial charge on any atom is -0.459 e. The van der Waals surface area contributed by atoms with Crippen LogP contribution in [0.4, 0.5) is 5.00 Å². The van der Waals surface area contributed by atoms with Gasteiger partial charge in [0, 0.05) is 10.3 Å². The molecule has 30 heavy (non-hydrogen) atoms. The maximum Gasteiger partial charge on any atom is 0.349 e. The maximum absolute atomic E-state index is 12.9. The van der Waals surface area contributed by atoms with Crippen LogP contribution >= 0.6 is 11.3 Å². The standard InChI is InChI=1S/C23H23NO5S/c1-12(2)28-23(27)19-15-9-8-13(3)10-18(15)30-21(19)24-20(25)16-11-14-6-4-5-7-17(14)29-22(16)26/h4-7,11-13H,8-10H2,1-3H3,(H,24,25)/t13-/m0/s1. The molecule has 0 unspecified atom stereocenters. The first-order valence-corrected chi connectivity index (χ1v) is 10.8. The van der Waals surface area contributed by atoms with Gasteiger partial charge in [-0.3, -0.25) is 4.79 Å². The maximum atomic E-state index is 12.9. The summed E-state index contributed by atoms with van der Waals surface area (Å²) in [4.78, 5) is 39.2. The van der Waals surface area contributed by atoms with E-state index in [1.54, 1.807) is 38.1 Å². The molecule has 0 aliphatic heterocycles. The number of hydrogen-bond donors (Lipinski definition) is 1. The van der Waals surface area contributed by atoms with Crippen molar-refractivity contribution in [2.75, 3.05) is 5.32 Å². The summed E-state index contributed by atoms with van der Waals surface area (Å²) in [6.45, 7) is 5.75. The van der Waals surface area contributed by atoms with Crippen LogP contribution in [0.5, 0.6) is 0 Å². The average molecular weight is 426 g/mol. The Labute approximate surface area is 177 Å². The van der Waals surface area contributed by atoms with Crippen molar-refractivity contribution in [3.05, 3.63) is 62.3 Å². The van der Waals surface area contributed by atoms with Crippen LogP contribution in [0, 0.1) is 5.92 Å². The Balaban J connectivity index is 1.72. The van der Waals surface area contributed by atoms with Crippen molar-refractivity contribution in [2.45, 2.75) is 46.1 Å². The Hall–Kier alpha value is -2.93. The number of benzene rings is 1. The molecule has 1 aliphatic rings. The van der Waals surface area contributed by atoms with E-state index in [1.165, 1.54) is 17.4 Å². The van der Waals surface area contributed by atoms with Gasteiger partial charge in [-0.1, -0.05) is 25.1 Å². The molecule has 156 valence electrons. The van der Waals surface area contributed by atoms with Gasteiger partial charge in [0.2, 0.25) is 0 Å². The number of carbonyl (C=O) groups excluding carboxylic acids is 2. The number of amides is 1. The van der Waals surface area contributed by atoms with Crippen molar-refractivity contribution in [3.8, 4) is 0 Å². The molecule has 0 radical (unpaired) electrons. The number of fused-ring (bicyclic) bond motifs is 2. The number of hydrogen-bond acceptors (Lipinski definition) is 6. The van der Waals surface area contributed by atoms with E-state index >= 15 is 0 Å². The van der Waals surface area contributed by atoms with Crippen LogP contribution in [0.2, 0.25) is 0 Å².